The molecule has 0 N–H and O–H groups in total. The van der Waals surface area contributed by atoms with Crippen LogP contribution in [0.2, 0.25) is 0 Å². The van der Waals surface area contributed by atoms with Crippen LogP contribution in [-0.2, 0) is 29.5 Å². The van der Waals surface area contributed by atoms with E-state index in [-0.39, 0.29) is 22.6 Å². The number of esters is 3. The van der Waals surface area contributed by atoms with E-state index in [4.69, 9.17) is 14.2 Å². The van der Waals surface area contributed by atoms with Gasteiger partial charge in [-0.1, -0.05) is 42.5 Å². The minimum atomic E-state index is -1.40. The number of fused-ring (bicyclic) bond motifs is 1. The number of cyclic esters (lactones) is 1. The average molecular weight is 717 g/mol. The fraction of sp³-hybridized carbons (Fsp3) is 0.0238. The Morgan fingerprint density at radius 1 is 0.481 bits per heavy atom. The number of rotatable bonds is 8. The van der Waals surface area contributed by atoms with Crippen LogP contribution in [0.15, 0.2) is 146 Å². The second-order valence-corrected chi connectivity index (χ2v) is 12.2. The number of anilines is 2. The number of hydrogen-bond acceptors (Lipinski definition) is 10. The molecule has 0 saturated heterocycles. The Morgan fingerprint density at radius 3 is 1.28 bits per heavy atom. The second-order valence-electron chi connectivity index (χ2n) is 12.2. The SMILES string of the molecule is O=C(Oc1ccc(C2(c3ccc(OC(=O)c4ccc(N5C(=O)C=CC5=O)cc4)cc3)OC(=O)c3ccccc32)cc1)c1ccc(N2C(=O)C=CC2=O)cc1. The lowest BCUT2D eigenvalue weighted by Gasteiger charge is -2.30. The Labute approximate surface area is 306 Å². The van der Waals surface area contributed by atoms with E-state index in [9.17, 15) is 33.6 Å². The average Bonchev–Trinajstić information content (AvgIpc) is 3.82. The highest BCUT2D eigenvalue weighted by atomic mass is 16.6. The summed E-state index contributed by atoms with van der Waals surface area (Å²) in [6.45, 7) is 0. The van der Waals surface area contributed by atoms with Crippen molar-refractivity contribution in [3.05, 3.63) is 179 Å². The molecule has 262 valence electrons. The Kier molecular flexibility index (Phi) is 8.11. The molecule has 0 saturated carbocycles. The smallest absolute Gasteiger partial charge is 0.343 e. The first-order valence-electron chi connectivity index (χ1n) is 16.4. The van der Waals surface area contributed by atoms with Gasteiger partial charge < -0.3 is 14.2 Å². The van der Waals surface area contributed by atoms with Crippen LogP contribution in [0.5, 0.6) is 11.5 Å². The predicted molar refractivity (Wildman–Crippen MR) is 191 cm³/mol. The second kappa shape index (κ2) is 13.1. The van der Waals surface area contributed by atoms with E-state index in [0.29, 0.717) is 33.6 Å². The Balaban J connectivity index is 1.01. The van der Waals surface area contributed by atoms with Gasteiger partial charge in [0.15, 0.2) is 5.60 Å². The highest BCUT2D eigenvalue weighted by Crippen LogP contribution is 2.47. The maximum absolute atomic E-state index is 13.2. The number of benzene rings is 5. The molecule has 3 heterocycles. The zero-order valence-electron chi connectivity index (χ0n) is 27.8. The Hall–Kier alpha value is -7.73. The highest BCUT2D eigenvalue weighted by molar-refractivity contribution is 6.28. The minimum Gasteiger partial charge on any atom is -0.441 e. The van der Waals surface area contributed by atoms with Gasteiger partial charge in [-0.3, -0.25) is 19.2 Å². The number of nitrogens with zero attached hydrogens (tertiary/aromatic N) is 2. The van der Waals surface area contributed by atoms with Crippen LogP contribution in [0.1, 0.15) is 47.8 Å². The molecule has 0 spiro atoms. The van der Waals surface area contributed by atoms with Crippen molar-refractivity contribution in [3.63, 3.8) is 0 Å². The first kappa shape index (κ1) is 33.4. The Bertz CT molecular complexity index is 2300. The molecule has 4 amide bonds. The van der Waals surface area contributed by atoms with Gasteiger partial charge in [-0.15, -0.1) is 0 Å². The summed E-state index contributed by atoms with van der Waals surface area (Å²) in [6.07, 6.45) is 4.68. The third-order valence-corrected chi connectivity index (χ3v) is 9.06. The molecule has 0 atom stereocenters. The molecule has 0 aliphatic carbocycles. The normalized spacial score (nSPS) is 15.4. The van der Waals surface area contributed by atoms with Gasteiger partial charge in [0.1, 0.15) is 11.5 Å². The molecule has 3 aliphatic rings. The molecule has 0 bridgehead atoms. The predicted octanol–water partition coefficient (Wildman–Crippen LogP) is 5.45. The van der Waals surface area contributed by atoms with E-state index in [1.807, 2.05) is 0 Å². The molecule has 12 heteroatoms. The third-order valence-electron chi connectivity index (χ3n) is 9.06. The molecule has 0 fully saturated rings. The van der Waals surface area contributed by atoms with Crippen molar-refractivity contribution in [2.45, 2.75) is 5.60 Å². The number of amides is 4. The molecule has 0 unspecified atom stereocenters. The fourth-order valence-electron chi connectivity index (χ4n) is 6.46. The van der Waals surface area contributed by atoms with Crippen LogP contribution in [0.25, 0.3) is 0 Å². The molecule has 8 rings (SSSR count). The molecule has 5 aromatic rings. The molecule has 54 heavy (non-hydrogen) atoms. The van der Waals surface area contributed by atoms with Crippen LogP contribution in [0, 0.1) is 0 Å². The molecule has 0 aromatic heterocycles. The van der Waals surface area contributed by atoms with E-state index in [1.54, 1.807) is 72.8 Å². The van der Waals surface area contributed by atoms with E-state index in [2.05, 4.69) is 0 Å². The van der Waals surface area contributed by atoms with E-state index < -0.39 is 47.1 Å². The van der Waals surface area contributed by atoms with Crippen molar-refractivity contribution >= 4 is 52.9 Å². The van der Waals surface area contributed by atoms with Gasteiger partial charge in [0.05, 0.1) is 28.1 Å². The molecular weight excluding hydrogens is 692 g/mol. The van der Waals surface area contributed by atoms with Crippen LogP contribution >= 0.6 is 0 Å². The van der Waals surface area contributed by atoms with Crippen molar-refractivity contribution in [1.29, 1.82) is 0 Å². The summed E-state index contributed by atoms with van der Waals surface area (Å²) in [6, 6.07) is 31.7. The van der Waals surface area contributed by atoms with Crippen molar-refractivity contribution in [2.24, 2.45) is 0 Å². The number of imide groups is 2. The van der Waals surface area contributed by atoms with Gasteiger partial charge >= 0.3 is 17.9 Å². The van der Waals surface area contributed by atoms with E-state index in [1.165, 1.54) is 72.8 Å². The summed E-state index contributed by atoms with van der Waals surface area (Å²) in [7, 11) is 0. The summed E-state index contributed by atoms with van der Waals surface area (Å²) in [5.41, 5.74) is 1.67. The third kappa shape index (κ3) is 5.73. The van der Waals surface area contributed by atoms with Crippen LogP contribution < -0.4 is 19.3 Å². The lowest BCUT2D eigenvalue weighted by atomic mass is 9.80. The van der Waals surface area contributed by atoms with Crippen LogP contribution in [-0.4, -0.2) is 41.5 Å². The molecule has 3 aliphatic heterocycles. The number of carbonyl (C=O) groups is 7. The van der Waals surface area contributed by atoms with Gasteiger partial charge in [-0.25, -0.2) is 24.2 Å². The van der Waals surface area contributed by atoms with Crippen molar-refractivity contribution < 1.29 is 47.8 Å². The maximum atomic E-state index is 13.2. The van der Waals surface area contributed by atoms with E-state index in [0.717, 1.165) is 9.80 Å². The first-order chi connectivity index (χ1) is 26.1. The zero-order valence-corrected chi connectivity index (χ0v) is 27.8. The molecule has 12 nitrogen and oxygen atoms in total. The summed E-state index contributed by atoms with van der Waals surface area (Å²) >= 11 is 0. The highest BCUT2D eigenvalue weighted by Gasteiger charge is 2.48. The zero-order chi connectivity index (χ0) is 37.6. The van der Waals surface area contributed by atoms with Gasteiger partial charge in [0.2, 0.25) is 0 Å². The fourth-order valence-corrected chi connectivity index (χ4v) is 6.46. The molecular formula is C42H24N2O10. The molecule has 5 aromatic carbocycles. The number of ether oxygens (including phenoxy) is 3. The quantitative estimate of drug-likeness (QED) is 0.115. The monoisotopic (exact) mass is 716 g/mol. The van der Waals surface area contributed by atoms with Crippen molar-refractivity contribution in [2.75, 3.05) is 9.80 Å². The van der Waals surface area contributed by atoms with Crippen LogP contribution in [0.4, 0.5) is 11.4 Å². The summed E-state index contributed by atoms with van der Waals surface area (Å²) in [4.78, 5) is 89.1. The largest absolute Gasteiger partial charge is 0.441 e. The lowest BCUT2D eigenvalue weighted by Crippen LogP contribution is -2.29. The lowest BCUT2D eigenvalue weighted by molar-refractivity contribution is -0.121. The summed E-state index contributed by atoms with van der Waals surface area (Å²) in [5.74, 6) is -3.36. The van der Waals surface area contributed by atoms with Crippen molar-refractivity contribution in [1.82, 2.24) is 0 Å². The minimum absolute atomic E-state index is 0.190. The topological polar surface area (TPSA) is 154 Å². The van der Waals surface area contributed by atoms with Gasteiger partial charge in [0.25, 0.3) is 23.6 Å². The van der Waals surface area contributed by atoms with Gasteiger partial charge in [-0.05, 0) is 78.9 Å². The maximum Gasteiger partial charge on any atom is 0.343 e. The Morgan fingerprint density at radius 2 is 0.870 bits per heavy atom. The standard InChI is InChI=1S/C42H24N2O10/c45-35-21-22-36(46)43(35)29-13-5-25(6-14-29)39(49)52-31-17-9-27(10-18-31)42(34-4-2-1-3-33(34)41(51)54-42)28-11-19-32(20-12-28)53-40(50)26-7-15-30(16-8-26)44-37(47)23-24-38(44)48/h1-24H. The van der Waals surface area contributed by atoms with E-state index >= 15 is 0 Å². The molecule has 0 radical (unpaired) electrons. The van der Waals surface area contributed by atoms with Gasteiger partial charge in [-0.2, -0.15) is 0 Å². The van der Waals surface area contributed by atoms with Crippen molar-refractivity contribution in [3.8, 4) is 11.5 Å². The summed E-state index contributed by atoms with van der Waals surface area (Å²) < 4.78 is 17.3. The number of hydrogen-bond donors (Lipinski definition) is 0. The first-order valence-corrected chi connectivity index (χ1v) is 16.4. The number of carbonyl (C=O) groups excluding carboxylic acids is 7. The van der Waals surface area contributed by atoms with Gasteiger partial charge in [0, 0.05) is 41.0 Å². The summed E-state index contributed by atoms with van der Waals surface area (Å²) in [5, 5.41) is 0. The van der Waals surface area contributed by atoms with Crippen LogP contribution in [0.3, 0.4) is 0 Å².